The normalized spacial score (nSPS) is 18.5. The van der Waals surface area contributed by atoms with Gasteiger partial charge in [0.15, 0.2) is 23.1 Å². The SMILES string of the molecule is CCCOc1c(Cl)cc(C2C3=C(CCCC3=O)N(CCC(=O)O)C3=C2C(=O)CCC3)cc1OCC. The van der Waals surface area contributed by atoms with Crippen LogP contribution >= 0.6 is 11.6 Å². The highest BCUT2D eigenvalue weighted by molar-refractivity contribution is 6.32. The second-order valence-corrected chi connectivity index (χ2v) is 9.52. The molecule has 0 aromatic heterocycles. The predicted molar refractivity (Wildman–Crippen MR) is 132 cm³/mol. The van der Waals surface area contributed by atoms with Gasteiger partial charge in [-0.3, -0.25) is 14.4 Å². The number of aliphatic carboxylic acids is 1. The van der Waals surface area contributed by atoms with Crippen molar-refractivity contribution in [2.75, 3.05) is 19.8 Å². The van der Waals surface area contributed by atoms with Crippen LogP contribution in [0.25, 0.3) is 0 Å². The highest BCUT2D eigenvalue weighted by Gasteiger charge is 2.43. The van der Waals surface area contributed by atoms with Gasteiger partial charge in [0, 0.05) is 47.8 Å². The number of Topliss-reactive ketones (excluding diaryl/α,β-unsaturated/α-hetero) is 2. The van der Waals surface area contributed by atoms with Crippen molar-refractivity contribution in [3.8, 4) is 11.5 Å². The summed E-state index contributed by atoms with van der Waals surface area (Å²) >= 11 is 6.68. The number of ketones is 2. The third-order valence-corrected chi connectivity index (χ3v) is 7.03. The number of hydrogen-bond donors (Lipinski definition) is 1. The quantitative estimate of drug-likeness (QED) is 0.483. The monoisotopic (exact) mass is 501 g/mol. The minimum atomic E-state index is -0.906. The number of hydrogen-bond acceptors (Lipinski definition) is 6. The fraction of sp³-hybridized carbons (Fsp3) is 0.519. The Labute approximate surface area is 210 Å². The molecule has 0 atom stereocenters. The van der Waals surface area contributed by atoms with E-state index >= 15 is 0 Å². The van der Waals surface area contributed by atoms with E-state index in [0.717, 1.165) is 23.4 Å². The summed E-state index contributed by atoms with van der Waals surface area (Å²) in [6.07, 6.45) is 4.32. The van der Waals surface area contributed by atoms with E-state index in [9.17, 15) is 19.5 Å². The number of allylic oxidation sites excluding steroid dienone is 4. The van der Waals surface area contributed by atoms with Gasteiger partial charge in [0.1, 0.15) is 0 Å². The third-order valence-electron chi connectivity index (χ3n) is 6.75. The van der Waals surface area contributed by atoms with E-state index in [1.165, 1.54) is 0 Å². The fourth-order valence-corrected chi connectivity index (χ4v) is 5.66. The lowest BCUT2D eigenvalue weighted by molar-refractivity contribution is -0.137. The van der Waals surface area contributed by atoms with Gasteiger partial charge in [-0.2, -0.15) is 0 Å². The molecular weight excluding hydrogens is 470 g/mol. The Morgan fingerprint density at radius 3 is 2.20 bits per heavy atom. The highest BCUT2D eigenvalue weighted by atomic mass is 35.5. The zero-order chi connectivity index (χ0) is 25.1. The van der Waals surface area contributed by atoms with Gasteiger partial charge in [0.05, 0.1) is 24.7 Å². The van der Waals surface area contributed by atoms with Crippen molar-refractivity contribution in [2.24, 2.45) is 0 Å². The molecule has 0 spiro atoms. The summed E-state index contributed by atoms with van der Waals surface area (Å²) in [5.41, 5.74) is 3.61. The molecule has 1 heterocycles. The van der Waals surface area contributed by atoms with Crippen molar-refractivity contribution in [3.05, 3.63) is 45.3 Å². The number of carbonyl (C=O) groups excluding carboxylic acids is 2. The molecule has 1 aromatic carbocycles. The first-order chi connectivity index (χ1) is 16.9. The molecule has 0 amide bonds. The van der Waals surface area contributed by atoms with Gasteiger partial charge >= 0.3 is 5.97 Å². The summed E-state index contributed by atoms with van der Waals surface area (Å²) in [5.74, 6) is -0.488. The van der Waals surface area contributed by atoms with Crippen LogP contribution in [0.1, 0.15) is 76.7 Å². The van der Waals surface area contributed by atoms with Crippen molar-refractivity contribution in [1.29, 1.82) is 0 Å². The number of halogens is 1. The summed E-state index contributed by atoms with van der Waals surface area (Å²) in [4.78, 5) is 40.1. The van der Waals surface area contributed by atoms with E-state index in [2.05, 4.69) is 0 Å². The van der Waals surface area contributed by atoms with Crippen molar-refractivity contribution < 1.29 is 29.0 Å². The molecule has 0 fully saturated rings. The van der Waals surface area contributed by atoms with Crippen molar-refractivity contribution >= 4 is 29.1 Å². The van der Waals surface area contributed by atoms with Crippen LogP contribution in [0, 0.1) is 0 Å². The number of carbonyl (C=O) groups is 3. The molecule has 3 aliphatic rings. The van der Waals surface area contributed by atoms with Crippen LogP contribution in [0.4, 0.5) is 0 Å². The fourth-order valence-electron chi connectivity index (χ4n) is 5.39. The number of carboxylic acid groups (broad SMARTS) is 1. The summed E-state index contributed by atoms with van der Waals surface area (Å²) < 4.78 is 11.7. The number of ether oxygens (including phenoxy) is 2. The lowest BCUT2D eigenvalue weighted by Crippen LogP contribution is -2.39. The lowest BCUT2D eigenvalue weighted by Gasteiger charge is -2.44. The Morgan fingerprint density at radius 2 is 1.66 bits per heavy atom. The minimum Gasteiger partial charge on any atom is -0.490 e. The van der Waals surface area contributed by atoms with Gasteiger partial charge in [0.2, 0.25) is 0 Å². The molecule has 1 aliphatic heterocycles. The summed E-state index contributed by atoms with van der Waals surface area (Å²) in [7, 11) is 0. The first kappa shape index (κ1) is 25.3. The Bertz CT molecular complexity index is 1060. The lowest BCUT2D eigenvalue weighted by atomic mass is 9.71. The van der Waals surface area contributed by atoms with Gasteiger partial charge in [-0.05, 0) is 56.7 Å². The predicted octanol–water partition coefficient (Wildman–Crippen LogP) is 5.42. The van der Waals surface area contributed by atoms with Gasteiger partial charge in [-0.25, -0.2) is 0 Å². The Hall–Kier alpha value is -2.80. The molecule has 1 N–H and O–H groups in total. The van der Waals surface area contributed by atoms with Gasteiger partial charge < -0.3 is 19.5 Å². The minimum absolute atomic E-state index is 0.00175. The maximum absolute atomic E-state index is 13.4. The number of rotatable bonds is 9. The van der Waals surface area contributed by atoms with Crippen LogP contribution < -0.4 is 9.47 Å². The van der Waals surface area contributed by atoms with Crippen LogP contribution in [0.5, 0.6) is 11.5 Å². The van der Waals surface area contributed by atoms with Gasteiger partial charge in [-0.1, -0.05) is 18.5 Å². The molecule has 0 unspecified atom stereocenters. The van der Waals surface area contributed by atoms with E-state index in [4.69, 9.17) is 21.1 Å². The second-order valence-electron chi connectivity index (χ2n) is 9.11. The third kappa shape index (κ3) is 4.96. The summed E-state index contributed by atoms with van der Waals surface area (Å²) in [5, 5.41) is 9.71. The highest BCUT2D eigenvalue weighted by Crippen LogP contribution is 2.51. The molecule has 8 heteroatoms. The first-order valence-electron chi connectivity index (χ1n) is 12.5. The van der Waals surface area contributed by atoms with Gasteiger partial charge in [-0.15, -0.1) is 0 Å². The maximum Gasteiger partial charge on any atom is 0.305 e. The topological polar surface area (TPSA) is 93.1 Å². The summed E-state index contributed by atoms with van der Waals surface area (Å²) in [6, 6.07) is 3.63. The molecule has 4 rings (SSSR count). The maximum atomic E-state index is 13.4. The standard InChI is InChI=1S/C27H32ClNO6/c1-3-13-35-27-17(28)14-16(15-22(27)34-4-2)24-25-18(7-5-9-20(25)30)29(12-11-23(32)33)19-8-6-10-21(31)26(19)24/h14-15,24H,3-13H2,1-2H3,(H,32,33). The van der Waals surface area contributed by atoms with E-state index in [0.29, 0.717) is 79.4 Å². The molecule has 2 aliphatic carbocycles. The Morgan fingerprint density at radius 1 is 1.03 bits per heavy atom. The zero-order valence-corrected chi connectivity index (χ0v) is 21.1. The van der Waals surface area contributed by atoms with Crippen LogP contribution in [-0.2, 0) is 14.4 Å². The number of nitrogens with zero attached hydrogens (tertiary/aromatic N) is 1. The molecule has 7 nitrogen and oxygen atoms in total. The average Bonchev–Trinajstić information content (AvgIpc) is 2.82. The van der Waals surface area contributed by atoms with Crippen LogP contribution in [0.2, 0.25) is 5.02 Å². The van der Waals surface area contributed by atoms with Crippen molar-refractivity contribution in [2.45, 2.75) is 71.1 Å². The van der Waals surface area contributed by atoms with Crippen molar-refractivity contribution in [1.82, 2.24) is 4.90 Å². The van der Waals surface area contributed by atoms with E-state index < -0.39 is 11.9 Å². The average molecular weight is 502 g/mol. The molecule has 0 bridgehead atoms. The van der Waals surface area contributed by atoms with Crippen LogP contribution in [-0.4, -0.2) is 47.3 Å². The zero-order valence-electron chi connectivity index (χ0n) is 20.3. The number of benzene rings is 1. The van der Waals surface area contributed by atoms with E-state index in [1.807, 2.05) is 24.8 Å². The molecule has 0 radical (unpaired) electrons. The molecule has 1 aromatic rings. The number of carboxylic acids is 1. The molecule has 0 saturated heterocycles. The molecule has 35 heavy (non-hydrogen) atoms. The first-order valence-corrected chi connectivity index (χ1v) is 12.9. The van der Waals surface area contributed by atoms with Gasteiger partial charge in [0.25, 0.3) is 0 Å². The molecule has 188 valence electrons. The summed E-state index contributed by atoms with van der Waals surface area (Å²) in [6.45, 7) is 5.03. The molecular formula is C27H32ClNO6. The Balaban J connectivity index is 1.90. The van der Waals surface area contributed by atoms with Crippen LogP contribution in [0.15, 0.2) is 34.7 Å². The second kappa shape index (κ2) is 10.9. The largest absolute Gasteiger partial charge is 0.490 e. The van der Waals surface area contributed by atoms with Crippen LogP contribution in [0.3, 0.4) is 0 Å². The van der Waals surface area contributed by atoms with Crippen molar-refractivity contribution in [3.63, 3.8) is 0 Å². The van der Waals surface area contributed by atoms with E-state index in [1.54, 1.807) is 6.07 Å². The smallest absolute Gasteiger partial charge is 0.305 e. The van der Waals surface area contributed by atoms with E-state index in [-0.39, 0.29) is 24.5 Å². The Kier molecular flexibility index (Phi) is 7.85. The molecule has 0 saturated carbocycles.